The first kappa shape index (κ1) is 20.1. The van der Waals surface area contributed by atoms with E-state index in [0.717, 1.165) is 17.8 Å². The van der Waals surface area contributed by atoms with E-state index in [0.29, 0.717) is 42.7 Å². The molecule has 1 aliphatic rings. The predicted octanol–water partition coefficient (Wildman–Crippen LogP) is 4.26. The van der Waals surface area contributed by atoms with Crippen LogP contribution >= 0.6 is 11.3 Å². The summed E-state index contributed by atoms with van der Waals surface area (Å²) < 4.78 is 38.8. The second-order valence-corrected chi connectivity index (χ2v) is 7.59. The lowest BCUT2D eigenvalue weighted by atomic mass is 10.1. The Labute approximate surface area is 175 Å². The molecule has 1 N–H and O–H groups in total. The van der Waals surface area contributed by atoms with Crippen molar-refractivity contribution >= 4 is 33.8 Å². The van der Waals surface area contributed by atoms with Crippen molar-refractivity contribution < 1.29 is 18.0 Å². The molecule has 0 bridgehead atoms. The maximum absolute atomic E-state index is 12.9. The van der Waals surface area contributed by atoms with Gasteiger partial charge in [-0.05, 0) is 30.3 Å². The van der Waals surface area contributed by atoms with Crippen LogP contribution in [0.15, 0.2) is 54.2 Å². The van der Waals surface area contributed by atoms with Crippen molar-refractivity contribution in [3.8, 4) is 0 Å². The van der Waals surface area contributed by atoms with Gasteiger partial charge in [0, 0.05) is 43.4 Å². The molecule has 10 heteroatoms. The van der Waals surface area contributed by atoms with Gasteiger partial charge in [0.05, 0.1) is 17.4 Å². The van der Waals surface area contributed by atoms with Crippen molar-refractivity contribution in [1.29, 1.82) is 0 Å². The van der Waals surface area contributed by atoms with E-state index < -0.39 is 11.7 Å². The molecule has 4 rings (SSSR count). The lowest BCUT2D eigenvalue weighted by Gasteiger charge is -2.36. The van der Waals surface area contributed by atoms with E-state index in [-0.39, 0.29) is 5.91 Å². The van der Waals surface area contributed by atoms with Crippen molar-refractivity contribution in [2.45, 2.75) is 6.18 Å². The fraction of sp³-hybridized carbons (Fsp3) is 0.250. The highest BCUT2D eigenvalue weighted by Crippen LogP contribution is 2.32. The Morgan fingerprint density at radius 2 is 1.90 bits per heavy atom. The van der Waals surface area contributed by atoms with Gasteiger partial charge in [0.25, 0.3) is 5.91 Å². The average Bonchev–Trinajstić information content (AvgIpc) is 3.22. The first-order valence-electron chi connectivity index (χ1n) is 9.24. The number of thiazole rings is 1. The van der Waals surface area contributed by atoms with Gasteiger partial charge in [-0.15, -0.1) is 11.3 Å². The third-order valence-electron chi connectivity index (χ3n) is 4.74. The van der Waals surface area contributed by atoms with Gasteiger partial charge >= 0.3 is 6.18 Å². The number of benzene rings is 1. The van der Waals surface area contributed by atoms with Crippen LogP contribution in [0.2, 0.25) is 0 Å². The minimum absolute atomic E-state index is 0.186. The summed E-state index contributed by atoms with van der Waals surface area (Å²) in [5.41, 5.74) is 0.961. The zero-order valence-corrected chi connectivity index (χ0v) is 16.6. The Morgan fingerprint density at radius 1 is 1.10 bits per heavy atom. The first-order valence-corrected chi connectivity index (χ1v) is 10.1. The van der Waals surface area contributed by atoms with Crippen LogP contribution in [0, 0.1) is 0 Å². The van der Waals surface area contributed by atoms with Crippen LogP contribution in [-0.4, -0.2) is 47.0 Å². The lowest BCUT2D eigenvalue weighted by molar-refractivity contribution is -0.137. The molecular weight excluding hydrogens is 415 g/mol. The fourth-order valence-electron chi connectivity index (χ4n) is 3.20. The third-order valence-corrected chi connectivity index (χ3v) is 5.50. The van der Waals surface area contributed by atoms with E-state index in [2.05, 4.69) is 15.3 Å². The maximum Gasteiger partial charge on any atom is 0.416 e. The van der Waals surface area contributed by atoms with Gasteiger partial charge < -0.3 is 15.1 Å². The van der Waals surface area contributed by atoms with Crippen LogP contribution in [0.4, 0.5) is 29.7 Å². The summed E-state index contributed by atoms with van der Waals surface area (Å²) in [4.78, 5) is 24.7. The number of aromatic nitrogens is 2. The second kappa shape index (κ2) is 8.31. The number of carbonyl (C=O) groups excluding carboxylic acids is 1. The van der Waals surface area contributed by atoms with Crippen molar-refractivity contribution in [3.63, 3.8) is 0 Å². The number of hydrogen-bond acceptors (Lipinski definition) is 6. The van der Waals surface area contributed by atoms with Crippen LogP contribution in [0.5, 0.6) is 0 Å². The summed E-state index contributed by atoms with van der Waals surface area (Å²) in [6.45, 7) is 1.74. The second-order valence-electron chi connectivity index (χ2n) is 6.73. The number of halogens is 3. The van der Waals surface area contributed by atoms with Crippen molar-refractivity contribution in [2.24, 2.45) is 0 Å². The molecule has 0 spiro atoms. The van der Waals surface area contributed by atoms with Crippen LogP contribution in [0.1, 0.15) is 16.1 Å². The minimum Gasteiger partial charge on any atom is -0.368 e. The smallest absolute Gasteiger partial charge is 0.368 e. The van der Waals surface area contributed by atoms with E-state index in [1.165, 1.54) is 17.4 Å². The Hall–Kier alpha value is -3.14. The Kier molecular flexibility index (Phi) is 5.58. The Balaban J connectivity index is 1.37. The molecule has 1 aromatic carbocycles. The van der Waals surface area contributed by atoms with Crippen LogP contribution in [0.3, 0.4) is 0 Å². The number of hydrogen-bond donors (Lipinski definition) is 1. The van der Waals surface area contributed by atoms with Crippen LogP contribution in [0.25, 0.3) is 0 Å². The van der Waals surface area contributed by atoms with Gasteiger partial charge in [-0.1, -0.05) is 6.07 Å². The number of alkyl halides is 3. The van der Waals surface area contributed by atoms with Gasteiger partial charge in [0.2, 0.25) is 0 Å². The molecular formula is C20H18F3N5OS. The summed E-state index contributed by atoms with van der Waals surface area (Å²) in [6.07, 6.45) is -1.04. The molecule has 156 valence electrons. The molecule has 3 heterocycles. The summed E-state index contributed by atoms with van der Waals surface area (Å²) >= 11 is 1.32. The van der Waals surface area contributed by atoms with Gasteiger partial charge in [-0.2, -0.15) is 13.2 Å². The largest absolute Gasteiger partial charge is 0.416 e. The van der Waals surface area contributed by atoms with Gasteiger partial charge in [-0.3, -0.25) is 9.78 Å². The van der Waals surface area contributed by atoms with E-state index in [9.17, 15) is 18.0 Å². The third kappa shape index (κ3) is 4.54. The number of amides is 1. The van der Waals surface area contributed by atoms with Crippen molar-refractivity contribution in [1.82, 2.24) is 14.9 Å². The molecule has 1 amide bonds. The van der Waals surface area contributed by atoms with Gasteiger partial charge in [-0.25, -0.2) is 4.98 Å². The quantitative estimate of drug-likeness (QED) is 0.666. The minimum atomic E-state index is -4.38. The predicted molar refractivity (Wildman–Crippen MR) is 109 cm³/mol. The molecule has 1 saturated heterocycles. The first-order chi connectivity index (χ1) is 14.4. The van der Waals surface area contributed by atoms with Crippen LogP contribution in [-0.2, 0) is 6.18 Å². The highest BCUT2D eigenvalue weighted by Gasteiger charge is 2.31. The zero-order chi connectivity index (χ0) is 21.1. The number of piperazine rings is 1. The molecule has 30 heavy (non-hydrogen) atoms. The zero-order valence-electron chi connectivity index (χ0n) is 15.8. The van der Waals surface area contributed by atoms with E-state index in [1.807, 2.05) is 11.0 Å². The highest BCUT2D eigenvalue weighted by molar-refractivity contribution is 7.14. The maximum atomic E-state index is 12.9. The number of nitrogens with zero attached hydrogens (tertiary/aromatic N) is 4. The molecule has 0 aliphatic carbocycles. The molecule has 1 fully saturated rings. The van der Waals surface area contributed by atoms with E-state index in [1.54, 1.807) is 34.8 Å². The number of nitrogens with one attached hydrogen (secondary N) is 1. The van der Waals surface area contributed by atoms with Gasteiger partial charge in [0.15, 0.2) is 5.13 Å². The standard InChI is InChI=1S/C20H18F3N5OS/c21-20(22,23)14-3-1-5-16(11-14)27-7-9-28(10-8-27)18(29)17-13-30-19(26-17)25-15-4-2-6-24-12-15/h1-6,11-13H,7-10H2,(H,25,26). The topological polar surface area (TPSA) is 61.4 Å². The molecule has 0 unspecified atom stereocenters. The SMILES string of the molecule is O=C(c1csc(Nc2cccnc2)n1)N1CCN(c2cccc(C(F)(F)F)c2)CC1. The number of anilines is 3. The molecule has 0 atom stereocenters. The normalized spacial score (nSPS) is 14.6. The molecule has 1 aliphatic heterocycles. The summed E-state index contributed by atoms with van der Waals surface area (Å²) in [7, 11) is 0. The van der Waals surface area contributed by atoms with E-state index >= 15 is 0 Å². The summed E-state index contributed by atoms with van der Waals surface area (Å²) in [5, 5.41) is 5.39. The van der Waals surface area contributed by atoms with Gasteiger partial charge in [0.1, 0.15) is 5.69 Å². The molecule has 2 aromatic heterocycles. The Bertz CT molecular complexity index is 1020. The monoisotopic (exact) mass is 433 g/mol. The molecule has 0 radical (unpaired) electrons. The van der Waals surface area contributed by atoms with E-state index in [4.69, 9.17) is 0 Å². The highest BCUT2D eigenvalue weighted by atomic mass is 32.1. The molecule has 0 saturated carbocycles. The number of rotatable bonds is 4. The summed E-state index contributed by atoms with van der Waals surface area (Å²) in [6, 6.07) is 8.91. The van der Waals surface area contributed by atoms with Crippen molar-refractivity contribution in [3.05, 3.63) is 65.4 Å². The molecule has 6 nitrogen and oxygen atoms in total. The summed E-state index contributed by atoms with van der Waals surface area (Å²) in [5.74, 6) is -0.186. The number of carbonyl (C=O) groups is 1. The molecule has 3 aromatic rings. The fourth-order valence-corrected chi connectivity index (χ4v) is 3.90. The average molecular weight is 433 g/mol. The van der Waals surface area contributed by atoms with Crippen LogP contribution < -0.4 is 10.2 Å². The Morgan fingerprint density at radius 3 is 2.60 bits per heavy atom. The lowest BCUT2D eigenvalue weighted by Crippen LogP contribution is -2.48. The number of pyridine rings is 1. The van der Waals surface area contributed by atoms with Crippen molar-refractivity contribution in [2.75, 3.05) is 36.4 Å².